The van der Waals surface area contributed by atoms with Crippen molar-refractivity contribution in [2.75, 3.05) is 32.9 Å². The first-order valence-electron chi connectivity index (χ1n) is 10.1. The minimum atomic E-state index is 0. The molecule has 0 aliphatic carbocycles. The van der Waals surface area contributed by atoms with Gasteiger partial charge in [0.2, 0.25) is 0 Å². The van der Waals surface area contributed by atoms with Crippen LogP contribution < -0.4 is 15.4 Å². The fraction of sp³-hybridized carbons (Fsp3) is 0.500. The Kier molecular flexibility index (Phi) is 10.2. The van der Waals surface area contributed by atoms with Crippen molar-refractivity contribution in [1.29, 1.82) is 0 Å². The van der Waals surface area contributed by atoms with E-state index in [0.717, 1.165) is 50.9 Å². The summed E-state index contributed by atoms with van der Waals surface area (Å²) in [6.07, 6.45) is 2.00. The Hall–Kier alpha value is -1.32. The summed E-state index contributed by atoms with van der Waals surface area (Å²) in [4.78, 5) is 6.03. The van der Waals surface area contributed by atoms with Gasteiger partial charge in [0.05, 0.1) is 13.2 Å². The van der Waals surface area contributed by atoms with Crippen LogP contribution in [0.25, 0.3) is 0 Å². The summed E-state index contributed by atoms with van der Waals surface area (Å²) >= 11 is 1.74. The number of ether oxygens (including phenoxy) is 2. The van der Waals surface area contributed by atoms with Crippen LogP contribution in [0.3, 0.4) is 0 Å². The molecule has 0 amide bonds. The summed E-state index contributed by atoms with van der Waals surface area (Å²) in [5.41, 5.74) is 1.38. The van der Waals surface area contributed by atoms with Gasteiger partial charge in [0.1, 0.15) is 5.75 Å². The van der Waals surface area contributed by atoms with Crippen molar-refractivity contribution in [3.63, 3.8) is 0 Å². The van der Waals surface area contributed by atoms with Crippen LogP contribution in [0.5, 0.6) is 5.75 Å². The van der Waals surface area contributed by atoms with Crippen molar-refractivity contribution in [1.82, 2.24) is 10.6 Å². The van der Waals surface area contributed by atoms with Gasteiger partial charge in [-0.15, -0.1) is 35.3 Å². The van der Waals surface area contributed by atoms with E-state index in [2.05, 4.69) is 59.3 Å². The number of nitrogens with one attached hydrogen (secondary N) is 2. The molecule has 1 aromatic heterocycles. The van der Waals surface area contributed by atoms with E-state index in [4.69, 9.17) is 14.5 Å². The number of aliphatic imine (C=N–C) groups is 1. The summed E-state index contributed by atoms with van der Waals surface area (Å²) < 4.78 is 11.3. The van der Waals surface area contributed by atoms with E-state index < -0.39 is 0 Å². The molecule has 2 aromatic rings. The second kappa shape index (κ2) is 12.4. The maximum atomic E-state index is 5.66. The lowest BCUT2D eigenvalue weighted by molar-refractivity contribution is 0.0513. The van der Waals surface area contributed by atoms with Gasteiger partial charge in [-0.2, -0.15) is 0 Å². The molecule has 1 saturated heterocycles. The summed E-state index contributed by atoms with van der Waals surface area (Å²) in [5.74, 6) is 1.79. The molecule has 1 aromatic carbocycles. The fourth-order valence-electron chi connectivity index (χ4n) is 3.56. The van der Waals surface area contributed by atoms with E-state index >= 15 is 0 Å². The molecular weight excluding hydrogens is 497 g/mol. The lowest BCUT2D eigenvalue weighted by Crippen LogP contribution is -2.48. The molecule has 1 fully saturated rings. The van der Waals surface area contributed by atoms with E-state index in [0.29, 0.717) is 13.2 Å². The first kappa shape index (κ1) is 24.0. The molecule has 2 N–H and O–H groups in total. The third kappa shape index (κ3) is 6.86. The predicted octanol–water partition coefficient (Wildman–Crippen LogP) is 4.57. The van der Waals surface area contributed by atoms with Gasteiger partial charge in [0.25, 0.3) is 0 Å². The Balaban J connectivity index is 0.00000300. The largest absolute Gasteiger partial charge is 0.494 e. The van der Waals surface area contributed by atoms with Crippen LogP contribution >= 0.6 is 35.3 Å². The molecule has 0 spiro atoms. The highest BCUT2D eigenvalue weighted by molar-refractivity contribution is 14.0. The number of rotatable bonds is 8. The molecule has 0 unspecified atom stereocenters. The summed E-state index contributed by atoms with van der Waals surface area (Å²) in [6.45, 7) is 8.75. The van der Waals surface area contributed by atoms with Crippen LogP contribution in [0.1, 0.15) is 37.1 Å². The van der Waals surface area contributed by atoms with Crippen molar-refractivity contribution < 1.29 is 9.47 Å². The topological polar surface area (TPSA) is 54.9 Å². The zero-order valence-corrected chi connectivity index (χ0v) is 20.4. The number of guanidine groups is 1. The molecule has 3 rings (SSSR count). The van der Waals surface area contributed by atoms with Gasteiger partial charge in [-0.3, -0.25) is 0 Å². The van der Waals surface area contributed by atoms with E-state index in [-0.39, 0.29) is 29.4 Å². The van der Waals surface area contributed by atoms with Gasteiger partial charge >= 0.3 is 0 Å². The number of benzene rings is 1. The standard InChI is InChI=1S/C22H31N3O2S.HI/c1-3-23-21(24-16-20-6-5-15-28-20)25-17-22(11-13-26-14-12-22)18-7-9-19(10-8-18)27-4-2;/h5-10,15H,3-4,11-14,16-17H2,1-2H3,(H2,23,24,25);1H. The fourth-order valence-corrected chi connectivity index (χ4v) is 4.18. The van der Waals surface area contributed by atoms with Gasteiger partial charge in [0.15, 0.2) is 5.96 Å². The van der Waals surface area contributed by atoms with Crippen LogP contribution in [-0.4, -0.2) is 38.9 Å². The van der Waals surface area contributed by atoms with Gasteiger partial charge < -0.3 is 20.1 Å². The monoisotopic (exact) mass is 529 g/mol. The summed E-state index contributed by atoms with van der Waals surface area (Å²) in [7, 11) is 0. The molecule has 29 heavy (non-hydrogen) atoms. The number of hydrogen-bond donors (Lipinski definition) is 2. The number of halogens is 1. The smallest absolute Gasteiger partial charge is 0.191 e. The van der Waals surface area contributed by atoms with Gasteiger partial charge in [-0.05, 0) is 55.8 Å². The maximum absolute atomic E-state index is 5.66. The molecular formula is C22H32IN3O2S. The van der Waals surface area contributed by atoms with Crippen molar-refractivity contribution in [3.8, 4) is 5.75 Å². The Labute approximate surface area is 195 Å². The van der Waals surface area contributed by atoms with Crippen molar-refractivity contribution in [3.05, 3.63) is 52.2 Å². The Morgan fingerprint density at radius 2 is 1.90 bits per heavy atom. The van der Waals surface area contributed by atoms with Crippen LogP contribution in [0, 0.1) is 0 Å². The third-order valence-electron chi connectivity index (χ3n) is 5.14. The number of hydrogen-bond acceptors (Lipinski definition) is 4. The highest BCUT2D eigenvalue weighted by Crippen LogP contribution is 2.35. The summed E-state index contributed by atoms with van der Waals surface area (Å²) in [5, 5.41) is 9.05. The Morgan fingerprint density at radius 1 is 1.14 bits per heavy atom. The summed E-state index contributed by atoms with van der Waals surface area (Å²) in [6, 6.07) is 12.7. The molecule has 1 aliphatic rings. The molecule has 7 heteroatoms. The van der Waals surface area contributed by atoms with Crippen LogP contribution in [-0.2, 0) is 16.7 Å². The molecule has 0 bridgehead atoms. The molecule has 2 heterocycles. The SMILES string of the molecule is CCNC(=NCc1cccs1)NCC1(c2ccc(OCC)cc2)CCOCC1.I. The van der Waals surface area contributed by atoms with Crippen LogP contribution in [0.15, 0.2) is 46.8 Å². The first-order chi connectivity index (χ1) is 13.8. The zero-order valence-electron chi connectivity index (χ0n) is 17.3. The minimum Gasteiger partial charge on any atom is -0.494 e. The van der Waals surface area contributed by atoms with Crippen LogP contribution in [0.2, 0.25) is 0 Å². The zero-order chi connectivity index (χ0) is 19.7. The van der Waals surface area contributed by atoms with E-state index in [9.17, 15) is 0 Å². The highest BCUT2D eigenvalue weighted by Gasteiger charge is 2.34. The molecule has 5 nitrogen and oxygen atoms in total. The Morgan fingerprint density at radius 3 is 2.52 bits per heavy atom. The lowest BCUT2D eigenvalue weighted by atomic mass is 9.74. The molecule has 0 atom stereocenters. The Bertz CT molecular complexity index is 729. The molecule has 1 aliphatic heterocycles. The molecule has 160 valence electrons. The van der Waals surface area contributed by atoms with Gasteiger partial charge in [0, 0.05) is 36.6 Å². The normalized spacial score (nSPS) is 16.0. The quantitative estimate of drug-likeness (QED) is 0.299. The van der Waals surface area contributed by atoms with E-state index in [1.165, 1.54) is 10.4 Å². The number of nitrogens with zero attached hydrogens (tertiary/aromatic N) is 1. The van der Waals surface area contributed by atoms with Gasteiger partial charge in [-0.25, -0.2) is 4.99 Å². The second-order valence-electron chi connectivity index (χ2n) is 6.98. The van der Waals surface area contributed by atoms with E-state index in [1.807, 2.05) is 6.92 Å². The third-order valence-corrected chi connectivity index (χ3v) is 6.00. The second-order valence-corrected chi connectivity index (χ2v) is 8.01. The van der Waals surface area contributed by atoms with E-state index in [1.54, 1.807) is 11.3 Å². The predicted molar refractivity (Wildman–Crippen MR) is 132 cm³/mol. The van der Waals surface area contributed by atoms with Crippen molar-refractivity contribution in [2.24, 2.45) is 4.99 Å². The average Bonchev–Trinajstić information content (AvgIpc) is 3.25. The van der Waals surface area contributed by atoms with Crippen molar-refractivity contribution >= 4 is 41.3 Å². The van der Waals surface area contributed by atoms with Gasteiger partial charge in [-0.1, -0.05) is 18.2 Å². The lowest BCUT2D eigenvalue weighted by Gasteiger charge is -2.38. The number of thiophene rings is 1. The minimum absolute atomic E-state index is 0. The maximum Gasteiger partial charge on any atom is 0.191 e. The first-order valence-corrected chi connectivity index (χ1v) is 11.0. The molecule has 0 radical (unpaired) electrons. The van der Waals surface area contributed by atoms with Crippen molar-refractivity contribution in [2.45, 2.75) is 38.6 Å². The molecule has 0 saturated carbocycles. The average molecular weight is 529 g/mol. The van der Waals surface area contributed by atoms with Crippen LogP contribution in [0.4, 0.5) is 0 Å². The highest BCUT2D eigenvalue weighted by atomic mass is 127.